The molecule has 166 valence electrons. The van der Waals surface area contributed by atoms with Crippen molar-refractivity contribution < 1.29 is 23.8 Å². The van der Waals surface area contributed by atoms with Crippen molar-refractivity contribution in [2.75, 3.05) is 13.2 Å². The molecule has 0 amide bonds. The second-order valence-electron chi connectivity index (χ2n) is 7.93. The van der Waals surface area contributed by atoms with Crippen LogP contribution in [0, 0.1) is 0 Å². The predicted octanol–water partition coefficient (Wildman–Crippen LogP) is 4.64. The maximum atomic E-state index is 13.5. The van der Waals surface area contributed by atoms with Gasteiger partial charge in [0.25, 0.3) is 0 Å². The fourth-order valence-corrected chi connectivity index (χ4v) is 5.12. The summed E-state index contributed by atoms with van der Waals surface area (Å²) in [6.45, 7) is 3.83. The van der Waals surface area contributed by atoms with Crippen molar-refractivity contribution in [2.24, 2.45) is 0 Å². The number of carbonyl (C=O) groups excluding carboxylic acids is 2. The van der Waals surface area contributed by atoms with Crippen LogP contribution >= 0.6 is 0 Å². The second kappa shape index (κ2) is 8.01. The van der Waals surface area contributed by atoms with Gasteiger partial charge in [-0.25, -0.2) is 9.59 Å². The number of benzene rings is 3. The van der Waals surface area contributed by atoms with Crippen molar-refractivity contribution in [3.05, 3.63) is 118 Å². The number of fused-ring (bicyclic) bond motifs is 5. The van der Waals surface area contributed by atoms with Crippen LogP contribution < -0.4 is 0 Å². The minimum atomic E-state index is -1.30. The molecule has 5 nitrogen and oxygen atoms in total. The summed E-state index contributed by atoms with van der Waals surface area (Å²) in [5.41, 5.74) is 0.875. The first-order chi connectivity index (χ1) is 16.1. The summed E-state index contributed by atoms with van der Waals surface area (Å²) >= 11 is 0. The largest absolute Gasteiger partial charge is 0.463 e. The molecule has 2 aliphatic rings. The topological polar surface area (TPSA) is 61.8 Å². The average Bonchev–Trinajstić information content (AvgIpc) is 3.35. The van der Waals surface area contributed by atoms with E-state index in [-0.39, 0.29) is 24.4 Å². The summed E-state index contributed by atoms with van der Waals surface area (Å²) < 4.78 is 18.0. The molecule has 3 aromatic rings. The number of carbonyl (C=O) groups is 2. The number of rotatable bonds is 6. The molecule has 0 aliphatic carbocycles. The molecule has 0 unspecified atom stereocenters. The van der Waals surface area contributed by atoms with Crippen LogP contribution in [0.3, 0.4) is 0 Å². The van der Waals surface area contributed by atoms with E-state index in [1.807, 2.05) is 84.9 Å². The first-order valence-corrected chi connectivity index (χ1v) is 11.1. The summed E-state index contributed by atoms with van der Waals surface area (Å²) in [6, 6.07) is 26.7. The van der Waals surface area contributed by atoms with Crippen LogP contribution in [0.2, 0.25) is 0 Å². The molecule has 0 spiro atoms. The fraction of sp³-hybridized carbons (Fsp3) is 0.214. The van der Waals surface area contributed by atoms with E-state index in [2.05, 4.69) is 0 Å². The van der Waals surface area contributed by atoms with Crippen LogP contribution in [0.1, 0.15) is 36.1 Å². The lowest BCUT2D eigenvalue weighted by Gasteiger charge is -2.30. The average molecular weight is 440 g/mol. The van der Waals surface area contributed by atoms with Crippen LogP contribution in [0.25, 0.3) is 0 Å². The molecule has 2 atom stereocenters. The van der Waals surface area contributed by atoms with E-state index in [9.17, 15) is 9.59 Å². The number of esters is 2. The first-order valence-electron chi connectivity index (χ1n) is 11.1. The quantitative estimate of drug-likeness (QED) is 0.523. The second-order valence-corrected chi connectivity index (χ2v) is 7.93. The van der Waals surface area contributed by atoms with Crippen molar-refractivity contribution in [3.8, 4) is 0 Å². The van der Waals surface area contributed by atoms with Crippen LogP contribution in [-0.2, 0) is 35.0 Å². The summed E-state index contributed by atoms with van der Waals surface area (Å²) in [7, 11) is 0. The molecule has 0 saturated carbocycles. The Morgan fingerprint density at radius 3 is 1.36 bits per heavy atom. The first kappa shape index (κ1) is 21.2. The van der Waals surface area contributed by atoms with Crippen LogP contribution in [0.15, 0.2) is 96.1 Å². The lowest BCUT2D eigenvalue weighted by Crippen LogP contribution is -2.35. The maximum Gasteiger partial charge on any atom is 0.338 e. The van der Waals surface area contributed by atoms with Crippen molar-refractivity contribution in [3.63, 3.8) is 0 Å². The Bertz CT molecular complexity index is 1150. The Labute approximate surface area is 192 Å². The summed E-state index contributed by atoms with van der Waals surface area (Å²) in [5.74, 6) is -1.17. The lowest BCUT2D eigenvalue weighted by atomic mass is 9.68. The van der Waals surface area contributed by atoms with E-state index in [1.54, 1.807) is 13.8 Å². The molecule has 0 aromatic heterocycles. The summed E-state index contributed by atoms with van der Waals surface area (Å²) in [5, 5.41) is 0. The summed E-state index contributed by atoms with van der Waals surface area (Å²) in [4.78, 5) is 27.1. The monoisotopic (exact) mass is 440 g/mol. The molecule has 0 radical (unpaired) electrons. The van der Waals surface area contributed by atoms with E-state index in [4.69, 9.17) is 14.2 Å². The molecule has 3 aromatic carbocycles. The predicted molar refractivity (Wildman–Crippen MR) is 122 cm³/mol. The zero-order valence-corrected chi connectivity index (χ0v) is 18.5. The molecule has 0 saturated heterocycles. The van der Waals surface area contributed by atoms with E-state index in [0.29, 0.717) is 0 Å². The molecular formula is C28H24O5. The highest BCUT2D eigenvalue weighted by Gasteiger charge is 2.69. The Kier molecular flexibility index (Phi) is 5.14. The molecular weight excluding hydrogens is 416 g/mol. The zero-order valence-electron chi connectivity index (χ0n) is 18.5. The summed E-state index contributed by atoms with van der Waals surface area (Å²) in [6.07, 6.45) is 0. The van der Waals surface area contributed by atoms with Gasteiger partial charge in [0.05, 0.1) is 24.4 Å². The normalized spacial score (nSPS) is 22.7. The molecule has 0 N–H and O–H groups in total. The van der Waals surface area contributed by atoms with Gasteiger partial charge in [0.15, 0.2) is 11.2 Å². The van der Waals surface area contributed by atoms with Crippen molar-refractivity contribution in [1.82, 2.24) is 0 Å². The highest BCUT2D eigenvalue weighted by molar-refractivity contribution is 6.07. The van der Waals surface area contributed by atoms with Crippen LogP contribution in [-0.4, -0.2) is 25.2 Å². The van der Waals surface area contributed by atoms with Gasteiger partial charge in [0.2, 0.25) is 0 Å². The molecule has 2 bridgehead atoms. The number of hydrogen-bond acceptors (Lipinski definition) is 5. The third-order valence-electron chi connectivity index (χ3n) is 6.27. The van der Waals surface area contributed by atoms with Gasteiger partial charge in [-0.2, -0.15) is 0 Å². The van der Waals surface area contributed by atoms with Crippen molar-refractivity contribution >= 4 is 11.9 Å². The molecule has 0 fully saturated rings. The highest BCUT2D eigenvalue weighted by Crippen LogP contribution is 2.66. The Balaban J connectivity index is 1.94. The van der Waals surface area contributed by atoms with Gasteiger partial charge < -0.3 is 14.2 Å². The smallest absolute Gasteiger partial charge is 0.338 e. The van der Waals surface area contributed by atoms with Gasteiger partial charge in [-0.3, -0.25) is 0 Å². The third-order valence-corrected chi connectivity index (χ3v) is 6.27. The van der Waals surface area contributed by atoms with Gasteiger partial charge in [-0.15, -0.1) is 0 Å². The van der Waals surface area contributed by atoms with Gasteiger partial charge in [-0.05, 0) is 36.1 Å². The fourth-order valence-electron chi connectivity index (χ4n) is 5.12. The van der Waals surface area contributed by atoms with E-state index >= 15 is 0 Å². The van der Waals surface area contributed by atoms with Gasteiger partial charge >= 0.3 is 11.9 Å². The van der Waals surface area contributed by atoms with Gasteiger partial charge in [0, 0.05) is 0 Å². The lowest BCUT2D eigenvalue weighted by molar-refractivity contribution is -0.142. The van der Waals surface area contributed by atoms with Crippen molar-refractivity contribution in [2.45, 2.75) is 25.0 Å². The van der Waals surface area contributed by atoms with Crippen molar-refractivity contribution in [1.29, 1.82) is 0 Å². The Morgan fingerprint density at radius 2 is 1.00 bits per heavy atom. The molecule has 33 heavy (non-hydrogen) atoms. The molecule has 2 heterocycles. The van der Waals surface area contributed by atoms with Gasteiger partial charge in [0.1, 0.15) is 0 Å². The molecule has 5 rings (SSSR count). The van der Waals surface area contributed by atoms with E-state index in [1.165, 1.54) is 0 Å². The van der Waals surface area contributed by atoms with Crippen LogP contribution in [0.5, 0.6) is 0 Å². The standard InChI is InChI=1S/C28H24O5/c1-3-31-25(29)23-24(26(30)32-4-2)28(20-15-9-6-10-16-20)22-18-12-11-17-21(22)27(23,33-28)19-13-7-5-8-14-19/h5-18H,3-4H2,1-2H3/t27-,28+. The van der Waals surface area contributed by atoms with E-state index < -0.39 is 23.1 Å². The molecule has 5 heteroatoms. The Hall–Kier alpha value is -3.70. The minimum Gasteiger partial charge on any atom is -0.463 e. The van der Waals surface area contributed by atoms with Gasteiger partial charge in [-0.1, -0.05) is 84.9 Å². The number of hydrogen-bond donors (Lipinski definition) is 0. The SMILES string of the molecule is CCOC(=O)C1=C(C(=O)OCC)[C@@]2(c3ccccc3)O[C@]1(c1ccccc1)c1ccccc12. The van der Waals surface area contributed by atoms with Crippen LogP contribution in [0.4, 0.5) is 0 Å². The zero-order chi connectivity index (χ0) is 23.1. The maximum absolute atomic E-state index is 13.5. The third kappa shape index (κ3) is 2.82. The number of ether oxygens (including phenoxy) is 3. The Morgan fingerprint density at radius 1 is 0.636 bits per heavy atom. The highest BCUT2D eigenvalue weighted by atomic mass is 16.6. The molecule has 2 aliphatic heterocycles. The minimum absolute atomic E-state index is 0.170. The van der Waals surface area contributed by atoms with E-state index in [0.717, 1.165) is 22.3 Å².